The quantitative estimate of drug-likeness (QED) is 0.390. The molecule has 2 aromatic carbocycles. The first-order valence-electron chi connectivity index (χ1n) is 9.27. The smallest absolute Gasteiger partial charge is 0.550 e. The number of carboxylic acids is 1. The Hall–Kier alpha value is -1.96. The van der Waals surface area contributed by atoms with Crippen LogP contribution in [-0.2, 0) is 11.3 Å². The molecule has 0 aliphatic heterocycles. The topological polar surface area (TPSA) is 56.3 Å². The Morgan fingerprint density at radius 1 is 0.900 bits per heavy atom. The van der Waals surface area contributed by atoms with Gasteiger partial charge in [0.25, 0.3) is 0 Å². The molecule has 4 rings (SSSR count). The normalized spacial score (nSPS) is 10.4. The fourth-order valence-electron chi connectivity index (χ4n) is 3.07. The van der Waals surface area contributed by atoms with Crippen LogP contribution in [0, 0.1) is 0 Å². The maximum Gasteiger partial charge on any atom is 1.00 e. The molecule has 2 aromatic heterocycles. The van der Waals surface area contributed by atoms with Gasteiger partial charge in [-0.05, 0) is 22.6 Å². The number of hydrogen-bond donors (Lipinski definition) is 0. The largest absolute Gasteiger partial charge is 1.00 e. The predicted octanol–water partition coefficient (Wildman–Crippen LogP) is 1.69. The van der Waals surface area contributed by atoms with Crippen molar-refractivity contribution in [2.24, 2.45) is 0 Å². The molecule has 0 atom stereocenters. The number of hydrogen-bond acceptors (Lipinski definition) is 6. The van der Waals surface area contributed by atoms with Gasteiger partial charge in [-0.15, -0.1) is 22.7 Å². The minimum atomic E-state index is -1.05. The molecule has 0 saturated heterocycles. The molecule has 0 unspecified atom stereocenters. The second-order valence-electron chi connectivity index (χ2n) is 6.58. The van der Waals surface area contributed by atoms with Crippen LogP contribution in [0.5, 0.6) is 0 Å². The minimum absolute atomic E-state index is 0. The van der Waals surface area contributed by atoms with Gasteiger partial charge in [-0.3, -0.25) is 0 Å². The number of rotatable bonds is 8. The molecule has 0 aliphatic carbocycles. The molecule has 0 N–H and O–H groups in total. The number of benzene rings is 2. The Morgan fingerprint density at radius 3 is 2.27 bits per heavy atom. The summed E-state index contributed by atoms with van der Waals surface area (Å²) in [5, 5.41) is 15.8. The Morgan fingerprint density at radius 2 is 1.60 bits per heavy atom. The summed E-state index contributed by atoms with van der Waals surface area (Å²) < 4.78 is 0. The summed E-state index contributed by atoms with van der Waals surface area (Å²) in [6.45, 7) is 1.02. The van der Waals surface area contributed by atoms with Crippen molar-refractivity contribution in [3.63, 3.8) is 0 Å². The van der Waals surface area contributed by atoms with E-state index in [1.807, 2.05) is 46.0 Å². The van der Waals surface area contributed by atoms with Gasteiger partial charge >= 0.3 is 29.6 Å². The van der Waals surface area contributed by atoms with Crippen molar-refractivity contribution in [3.05, 3.63) is 82.4 Å². The molecular formula is C23H19N2NaO2S2. The van der Waals surface area contributed by atoms with Gasteiger partial charge in [0, 0.05) is 34.8 Å². The molecule has 0 aliphatic rings. The third-order valence-corrected chi connectivity index (χ3v) is 6.33. The number of thiophene rings is 1. The van der Waals surface area contributed by atoms with E-state index >= 15 is 0 Å². The predicted molar refractivity (Wildman–Crippen MR) is 118 cm³/mol. The number of thiazole rings is 1. The first kappa shape index (κ1) is 22.7. The van der Waals surface area contributed by atoms with E-state index in [1.165, 1.54) is 21.8 Å². The van der Waals surface area contributed by atoms with Gasteiger partial charge in [-0.2, -0.15) is 0 Å². The van der Waals surface area contributed by atoms with Crippen molar-refractivity contribution in [3.8, 4) is 22.4 Å². The summed E-state index contributed by atoms with van der Waals surface area (Å²) in [6.07, 6.45) is -0.0218. The second kappa shape index (κ2) is 10.9. The number of anilines is 1. The molecule has 0 saturated carbocycles. The van der Waals surface area contributed by atoms with Crippen molar-refractivity contribution in [2.75, 3.05) is 11.4 Å². The molecule has 0 bridgehead atoms. The summed E-state index contributed by atoms with van der Waals surface area (Å²) in [7, 11) is 0. The van der Waals surface area contributed by atoms with Crippen LogP contribution in [0.3, 0.4) is 0 Å². The monoisotopic (exact) mass is 442 g/mol. The summed E-state index contributed by atoms with van der Waals surface area (Å²) >= 11 is 3.19. The Labute approximate surface area is 206 Å². The van der Waals surface area contributed by atoms with Gasteiger partial charge < -0.3 is 14.8 Å². The molecule has 0 spiro atoms. The van der Waals surface area contributed by atoms with Crippen LogP contribution in [0.1, 0.15) is 11.3 Å². The number of aromatic nitrogens is 1. The zero-order chi connectivity index (χ0) is 20.1. The van der Waals surface area contributed by atoms with Gasteiger partial charge in [0.2, 0.25) is 0 Å². The molecule has 146 valence electrons. The number of carbonyl (C=O) groups is 1. The molecule has 2 heterocycles. The van der Waals surface area contributed by atoms with E-state index in [-0.39, 0.29) is 36.0 Å². The van der Waals surface area contributed by atoms with Crippen molar-refractivity contribution >= 4 is 33.8 Å². The maximum atomic E-state index is 11.0. The van der Waals surface area contributed by atoms with Crippen molar-refractivity contribution < 1.29 is 39.5 Å². The molecular weight excluding hydrogens is 423 g/mol. The molecule has 4 aromatic rings. The minimum Gasteiger partial charge on any atom is -0.550 e. The average Bonchev–Trinajstić information content (AvgIpc) is 3.44. The summed E-state index contributed by atoms with van der Waals surface area (Å²) in [6, 6.07) is 22.7. The van der Waals surface area contributed by atoms with Crippen LogP contribution in [0.2, 0.25) is 0 Å². The van der Waals surface area contributed by atoms with Crippen molar-refractivity contribution in [1.29, 1.82) is 0 Å². The fraction of sp³-hybridized carbons (Fsp3) is 0.130. The first-order valence-corrected chi connectivity index (χ1v) is 11.0. The van der Waals surface area contributed by atoms with E-state index in [2.05, 4.69) is 36.4 Å². The van der Waals surface area contributed by atoms with E-state index in [1.54, 1.807) is 11.3 Å². The zero-order valence-corrected chi connectivity index (χ0v) is 20.3. The van der Waals surface area contributed by atoms with Crippen molar-refractivity contribution in [2.45, 2.75) is 13.0 Å². The summed E-state index contributed by atoms with van der Waals surface area (Å²) in [5.41, 5.74) is 4.29. The van der Waals surface area contributed by atoms with Crippen LogP contribution >= 0.6 is 22.7 Å². The van der Waals surface area contributed by atoms with E-state index in [0.717, 1.165) is 22.0 Å². The first-order chi connectivity index (χ1) is 14.2. The van der Waals surface area contributed by atoms with Gasteiger partial charge in [0.05, 0.1) is 12.2 Å². The number of nitrogens with zero attached hydrogens (tertiary/aromatic N) is 2. The Bertz CT molecular complexity index is 1060. The second-order valence-corrected chi connectivity index (χ2v) is 8.45. The Balaban J connectivity index is 0.00000256. The van der Waals surface area contributed by atoms with Crippen LogP contribution in [0.25, 0.3) is 22.4 Å². The maximum absolute atomic E-state index is 11.0. The van der Waals surface area contributed by atoms with Gasteiger partial charge in [-0.1, -0.05) is 60.7 Å². The van der Waals surface area contributed by atoms with Gasteiger partial charge in [-0.25, -0.2) is 4.98 Å². The summed E-state index contributed by atoms with van der Waals surface area (Å²) in [5.74, 6) is -1.05. The SMILES string of the molecule is O=C([O-])CCN(Cc1cccs1)c1nc(-c2ccc(-c3ccccc3)cc2)cs1.[Na+]. The molecule has 0 radical (unpaired) electrons. The van der Waals surface area contributed by atoms with Crippen LogP contribution in [0.4, 0.5) is 5.13 Å². The molecule has 4 nitrogen and oxygen atoms in total. The molecule has 0 fully saturated rings. The number of aliphatic carboxylic acids is 1. The van der Waals surface area contributed by atoms with Crippen molar-refractivity contribution in [1.82, 2.24) is 4.98 Å². The van der Waals surface area contributed by atoms with Crippen LogP contribution < -0.4 is 39.6 Å². The standard InChI is InChI=1S/C23H20N2O2S2.Na/c26-22(27)12-13-25(15-20-7-4-14-28-20)23-24-21(16-29-23)19-10-8-18(9-11-19)17-5-2-1-3-6-17;/h1-11,14,16H,12-13,15H2,(H,26,27);/q;+1/p-1. The zero-order valence-electron chi connectivity index (χ0n) is 16.7. The Kier molecular flexibility index (Phi) is 8.24. The van der Waals surface area contributed by atoms with E-state index in [0.29, 0.717) is 13.1 Å². The average molecular weight is 443 g/mol. The number of carboxylic acid groups (broad SMARTS) is 1. The van der Waals surface area contributed by atoms with E-state index in [4.69, 9.17) is 4.98 Å². The third-order valence-electron chi connectivity index (χ3n) is 4.56. The third kappa shape index (κ3) is 5.80. The summed E-state index contributed by atoms with van der Waals surface area (Å²) in [4.78, 5) is 18.9. The number of carbonyl (C=O) groups excluding carboxylic acids is 1. The van der Waals surface area contributed by atoms with Crippen LogP contribution in [-0.4, -0.2) is 17.5 Å². The fourth-order valence-corrected chi connectivity index (χ4v) is 4.65. The van der Waals surface area contributed by atoms with E-state index in [9.17, 15) is 9.90 Å². The molecule has 0 amide bonds. The molecule has 30 heavy (non-hydrogen) atoms. The van der Waals surface area contributed by atoms with Crippen LogP contribution in [0.15, 0.2) is 77.5 Å². The van der Waals surface area contributed by atoms with Gasteiger partial charge in [0.1, 0.15) is 0 Å². The van der Waals surface area contributed by atoms with Gasteiger partial charge in [0.15, 0.2) is 5.13 Å². The van der Waals surface area contributed by atoms with E-state index < -0.39 is 5.97 Å². The molecule has 7 heteroatoms.